The van der Waals surface area contributed by atoms with Gasteiger partial charge in [-0.05, 0) is 67.6 Å². The molecule has 0 aromatic heterocycles. The number of nitrogens with zero attached hydrogens (tertiary/aromatic N) is 1. The van der Waals surface area contributed by atoms with E-state index in [9.17, 15) is 19.5 Å². The molecule has 214 valence electrons. The number of benzene rings is 3. The largest absolute Gasteiger partial charge is 0.507 e. The van der Waals surface area contributed by atoms with E-state index in [0.717, 1.165) is 16.7 Å². The Hall–Kier alpha value is -4.39. The van der Waals surface area contributed by atoms with E-state index in [1.165, 1.54) is 4.90 Å². The first-order valence-corrected chi connectivity index (χ1v) is 13.9. The van der Waals surface area contributed by atoms with Crippen LogP contribution in [0.2, 0.25) is 0 Å². The molecule has 1 saturated heterocycles. The van der Waals surface area contributed by atoms with Crippen molar-refractivity contribution in [3.8, 4) is 5.75 Å². The van der Waals surface area contributed by atoms with E-state index in [1.807, 2.05) is 65.0 Å². The van der Waals surface area contributed by atoms with Gasteiger partial charge in [0.2, 0.25) is 0 Å². The maximum atomic E-state index is 13.6. The van der Waals surface area contributed by atoms with Crippen molar-refractivity contribution < 1.29 is 29.0 Å². The van der Waals surface area contributed by atoms with Crippen molar-refractivity contribution in [2.45, 2.75) is 59.4 Å². The van der Waals surface area contributed by atoms with Crippen molar-refractivity contribution in [3.05, 3.63) is 100 Å². The molecule has 0 spiro atoms. The fourth-order valence-electron chi connectivity index (χ4n) is 5.11. The molecular formula is C34H37NO6. The second kappa shape index (κ2) is 12.0. The molecular weight excluding hydrogens is 518 g/mol. The summed E-state index contributed by atoms with van der Waals surface area (Å²) in [5.41, 5.74) is 3.87. The summed E-state index contributed by atoms with van der Waals surface area (Å²) in [5, 5.41) is 11.7. The number of aliphatic hydroxyl groups is 1. The molecule has 1 amide bonds. The fraction of sp³-hybridized carbons (Fsp3) is 0.324. The Morgan fingerprint density at radius 3 is 2.27 bits per heavy atom. The van der Waals surface area contributed by atoms with Gasteiger partial charge in [0.25, 0.3) is 11.7 Å². The standard InChI is InChI=1S/C34H37NO6/c1-7-40-27-17-14-24(20-26(27)34(4,5)6)31(37)29-30(23-11-9-10-21(3)18-23)35(33(39)32(29)38)25-15-12-22(13-16-25)19-28(36)41-8-2/h9-18,20,30,37H,7-8,19H2,1-6H3/b31-29-. The van der Waals surface area contributed by atoms with Crippen LogP contribution in [0.25, 0.3) is 5.76 Å². The molecule has 0 bridgehead atoms. The number of Topliss-reactive ketones (excluding diaryl/α,β-unsaturated/α-hetero) is 1. The van der Waals surface area contributed by atoms with Crippen LogP contribution >= 0.6 is 0 Å². The molecule has 7 nitrogen and oxygen atoms in total. The predicted octanol–water partition coefficient (Wildman–Crippen LogP) is 6.42. The predicted molar refractivity (Wildman–Crippen MR) is 159 cm³/mol. The number of carbonyl (C=O) groups is 3. The molecule has 1 N–H and O–H groups in total. The zero-order chi connectivity index (χ0) is 29.9. The third kappa shape index (κ3) is 6.19. The van der Waals surface area contributed by atoms with Crippen LogP contribution in [0.4, 0.5) is 5.69 Å². The average Bonchev–Trinajstić information content (AvgIpc) is 3.19. The number of hydrogen-bond donors (Lipinski definition) is 1. The van der Waals surface area contributed by atoms with Crippen LogP contribution in [0, 0.1) is 6.92 Å². The molecule has 0 aliphatic carbocycles. The topological polar surface area (TPSA) is 93.1 Å². The highest BCUT2D eigenvalue weighted by atomic mass is 16.5. The molecule has 1 aliphatic heterocycles. The van der Waals surface area contributed by atoms with Gasteiger partial charge in [-0.3, -0.25) is 19.3 Å². The van der Waals surface area contributed by atoms with E-state index >= 15 is 0 Å². The van der Waals surface area contributed by atoms with Gasteiger partial charge in [-0.25, -0.2) is 0 Å². The summed E-state index contributed by atoms with van der Waals surface area (Å²) in [5.74, 6) is -1.39. The van der Waals surface area contributed by atoms with Crippen molar-refractivity contribution in [2.24, 2.45) is 0 Å². The fourth-order valence-corrected chi connectivity index (χ4v) is 5.11. The molecule has 1 aliphatic rings. The van der Waals surface area contributed by atoms with Crippen molar-refractivity contribution in [3.63, 3.8) is 0 Å². The second-order valence-electron chi connectivity index (χ2n) is 11.1. The molecule has 3 aromatic carbocycles. The summed E-state index contributed by atoms with van der Waals surface area (Å²) in [6.45, 7) is 12.5. The molecule has 3 aromatic rings. The normalized spacial score (nSPS) is 16.6. The van der Waals surface area contributed by atoms with Crippen LogP contribution in [-0.2, 0) is 31.0 Å². The molecule has 7 heteroatoms. The smallest absolute Gasteiger partial charge is 0.310 e. The Kier molecular flexibility index (Phi) is 8.66. The van der Waals surface area contributed by atoms with Crippen LogP contribution in [0.3, 0.4) is 0 Å². The van der Waals surface area contributed by atoms with Gasteiger partial charge in [0.15, 0.2) is 0 Å². The summed E-state index contributed by atoms with van der Waals surface area (Å²) >= 11 is 0. The SMILES string of the molecule is CCOC(=O)Cc1ccc(N2C(=O)C(=O)/C(=C(\O)c3ccc(OCC)c(C(C)(C)C)c3)C2c2cccc(C)c2)cc1. The number of hydrogen-bond acceptors (Lipinski definition) is 6. The third-order valence-corrected chi connectivity index (χ3v) is 7.03. The van der Waals surface area contributed by atoms with E-state index in [2.05, 4.69) is 0 Å². The molecule has 41 heavy (non-hydrogen) atoms. The molecule has 1 atom stereocenters. The Morgan fingerprint density at radius 2 is 1.66 bits per heavy atom. The summed E-state index contributed by atoms with van der Waals surface area (Å²) < 4.78 is 10.9. The lowest BCUT2D eigenvalue weighted by Crippen LogP contribution is -2.29. The second-order valence-corrected chi connectivity index (χ2v) is 11.1. The number of esters is 1. The van der Waals surface area contributed by atoms with Gasteiger partial charge in [-0.1, -0.05) is 62.7 Å². The van der Waals surface area contributed by atoms with Crippen LogP contribution < -0.4 is 9.64 Å². The van der Waals surface area contributed by atoms with E-state index in [4.69, 9.17) is 9.47 Å². The van der Waals surface area contributed by atoms with E-state index in [0.29, 0.717) is 35.8 Å². The van der Waals surface area contributed by atoms with Crippen molar-refractivity contribution in [1.29, 1.82) is 0 Å². The Balaban J connectivity index is 1.86. The first-order chi connectivity index (χ1) is 19.5. The van der Waals surface area contributed by atoms with Crippen molar-refractivity contribution in [1.82, 2.24) is 0 Å². The number of aryl methyl sites for hydroxylation is 1. The highest BCUT2D eigenvalue weighted by Crippen LogP contribution is 2.43. The Morgan fingerprint density at radius 1 is 0.951 bits per heavy atom. The van der Waals surface area contributed by atoms with E-state index in [-0.39, 0.29) is 29.1 Å². The maximum absolute atomic E-state index is 13.6. The number of carbonyl (C=O) groups excluding carboxylic acids is 3. The minimum absolute atomic E-state index is 0.0141. The van der Waals surface area contributed by atoms with Crippen LogP contribution in [0.5, 0.6) is 5.75 Å². The lowest BCUT2D eigenvalue weighted by molar-refractivity contribution is -0.142. The average molecular weight is 556 g/mol. The number of aliphatic hydroxyl groups excluding tert-OH is 1. The van der Waals surface area contributed by atoms with Crippen molar-refractivity contribution in [2.75, 3.05) is 18.1 Å². The van der Waals surface area contributed by atoms with Gasteiger partial charge in [-0.2, -0.15) is 0 Å². The molecule has 0 saturated carbocycles. The quantitative estimate of drug-likeness (QED) is 0.149. The van der Waals surface area contributed by atoms with E-state index in [1.54, 1.807) is 43.3 Å². The van der Waals surface area contributed by atoms with Crippen LogP contribution in [0.15, 0.2) is 72.3 Å². The van der Waals surface area contributed by atoms with Gasteiger partial charge in [0.05, 0.1) is 31.2 Å². The highest BCUT2D eigenvalue weighted by molar-refractivity contribution is 6.51. The van der Waals surface area contributed by atoms with Gasteiger partial charge in [0.1, 0.15) is 11.5 Å². The van der Waals surface area contributed by atoms with Crippen LogP contribution in [-0.4, -0.2) is 36.0 Å². The van der Waals surface area contributed by atoms with Gasteiger partial charge in [0, 0.05) is 16.8 Å². The zero-order valence-electron chi connectivity index (χ0n) is 24.5. The molecule has 1 unspecified atom stereocenters. The summed E-state index contributed by atoms with van der Waals surface area (Å²) in [6.07, 6.45) is 0.0993. The molecule has 0 radical (unpaired) electrons. The maximum Gasteiger partial charge on any atom is 0.310 e. The Labute approximate surface area is 241 Å². The van der Waals surface area contributed by atoms with Gasteiger partial charge in [-0.15, -0.1) is 0 Å². The monoisotopic (exact) mass is 555 g/mol. The number of rotatable bonds is 8. The van der Waals surface area contributed by atoms with Crippen LogP contribution in [0.1, 0.15) is 68.5 Å². The molecule has 1 fully saturated rings. The highest BCUT2D eigenvalue weighted by Gasteiger charge is 2.47. The van der Waals surface area contributed by atoms with Gasteiger partial charge < -0.3 is 14.6 Å². The number of ether oxygens (including phenoxy) is 2. The molecule has 4 rings (SSSR count). The third-order valence-electron chi connectivity index (χ3n) is 7.03. The number of amides is 1. The lowest BCUT2D eigenvalue weighted by Gasteiger charge is -2.26. The van der Waals surface area contributed by atoms with Gasteiger partial charge >= 0.3 is 5.97 Å². The number of anilines is 1. The number of ketones is 1. The van der Waals surface area contributed by atoms with E-state index < -0.39 is 17.7 Å². The zero-order valence-corrected chi connectivity index (χ0v) is 24.5. The summed E-state index contributed by atoms with van der Waals surface area (Å²) in [7, 11) is 0. The minimum atomic E-state index is -0.851. The first kappa shape index (κ1) is 29.6. The summed E-state index contributed by atoms with van der Waals surface area (Å²) in [6, 6.07) is 18.9. The Bertz CT molecular complexity index is 1500. The minimum Gasteiger partial charge on any atom is -0.507 e. The molecule has 1 heterocycles. The van der Waals surface area contributed by atoms with Crippen molar-refractivity contribution >= 4 is 29.1 Å². The lowest BCUT2D eigenvalue weighted by atomic mass is 9.84. The first-order valence-electron chi connectivity index (χ1n) is 13.9. The summed E-state index contributed by atoms with van der Waals surface area (Å²) in [4.78, 5) is 40.5.